The van der Waals surface area contributed by atoms with Gasteiger partial charge < -0.3 is 10.4 Å². The fraction of sp³-hybridized carbons (Fsp3) is 0.200. The number of carboxylic acids is 1. The number of fused-ring (bicyclic) bond motifs is 1. The molecule has 2 aromatic carbocycles. The van der Waals surface area contributed by atoms with E-state index >= 15 is 0 Å². The second-order valence-corrected chi connectivity index (χ2v) is 6.92. The van der Waals surface area contributed by atoms with Crippen molar-refractivity contribution in [3.63, 3.8) is 0 Å². The molecule has 0 saturated carbocycles. The molecule has 116 valence electrons. The SMILES string of the molecule is CC(=O)N[C@H](CS(=O)(=O)c1ccc2ccccc2c1)C(=O)O. The first-order valence-corrected chi connectivity index (χ1v) is 8.16. The van der Waals surface area contributed by atoms with Gasteiger partial charge in [0.1, 0.15) is 6.04 Å². The molecule has 2 N–H and O–H groups in total. The highest BCUT2D eigenvalue weighted by molar-refractivity contribution is 7.91. The number of hydrogen-bond acceptors (Lipinski definition) is 4. The first-order chi connectivity index (χ1) is 10.3. The van der Waals surface area contributed by atoms with E-state index in [-0.39, 0.29) is 4.90 Å². The van der Waals surface area contributed by atoms with E-state index in [1.165, 1.54) is 12.1 Å². The van der Waals surface area contributed by atoms with Gasteiger partial charge in [0, 0.05) is 6.92 Å². The van der Waals surface area contributed by atoms with E-state index in [0.717, 1.165) is 17.7 Å². The summed E-state index contributed by atoms with van der Waals surface area (Å²) in [5.41, 5.74) is 0. The fourth-order valence-electron chi connectivity index (χ4n) is 2.10. The molecule has 0 aliphatic carbocycles. The van der Waals surface area contributed by atoms with E-state index in [2.05, 4.69) is 5.32 Å². The molecular formula is C15H15NO5S. The summed E-state index contributed by atoms with van der Waals surface area (Å²) < 4.78 is 24.7. The number of rotatable bonds is 5. The smallest absolute Gasteiger partial charge is 0.327 e. The molecule has 22 heavy (non-hydrogen) atoms. The van der Waals surface area contributed by atoms with E-state index in [4.69, 9.17) is 5.11 Å². The molecule has 0 radical (unpaired) electrons. The van der Waals surface area contributed by atoms with E-state index in [9.17, 15) is 18.0 Å². The van der Waals surface area contributed by atoms with Gasteiger partial charge in [0.15, 0.2) is 9.84 Å². The summed E-state index contributed by atoms with van der Waals surface area (Å²) in [5.74, 6) is -2.68. The van der Waals surface area contributed by atoms with E-state index in [1.54, 1.807) is 18.2 Å². The molecule has 2 aromatic rings. The van der Waals surface area contributed by atoms with Crippen molar-refractivity contribution in [1.82, 2.24) is 5.32 Å². The lowest BCUT2D eigenvalue weighted by Gasteiger charge is -2.14. The lowest BCUT2D eigenvalue weighted by molar-refractivity contribution is -0.140. The zero-order valence-corrected chi connectivity index (χ0v) is 12.6. The third-order valence-corrected chi connectivity index (χ3v) is 4.89. The van der Waals surface area contributed by atoms with Crippen molar-refractivity contribution in [3.8, 4) is 0 Å². The van der Waals surface area contributed by atoms with Gasteiger partial charge in [-0.15, -0.1) is 0 Å². The molecule has 6 nitrogen and oxygen atoms in total. The Kier molecular flexibility index (Phi) is 4.46. The van der Waals surface area contributed by atoms with Crippen molar-refractivity contribution in [2.24, 2.45) is 0 Å². The number of carbonyl (C=O) groups is 2. The second-order valence-electron chi connectivity index (χ2n) is 4.88. The van der Waals surface area contributed by atoms with Crippen LogP contribution in [0.3, 0.4) is 0 Å². The van der Waals surface area contributed by atoms with Crippen molar-refractivity contribution in [3.05, 3.63) is 42.5 Å². The summed E-state index contributed by atoms with van der Waals surface area (Å²) in [6, 6.07) is 10.4. The molecule has 0 bridgehead atoms. The Balaban J connectivity index is 2.34. The van der Waals surface area contributed by atoms with Crippen LogP contribution < -0.4 is 5.32 Å². The Labute approximate surface area is 127 Å². The summed E-state index contributed by atoms with van der Waals surface area (Å²) in [7, 11) is -3.84. The zero-order valence-electron chi connectivity index (χ0n) is 11.8. The summed E-state index contributed by atoms with van der Waals surface area (Å²) >= 11 is 0. The normalized spacial score (nSPS) is 12.8. The molecule has 0 heterocycles. The molecule has 0 spiro atoms. The van der Waals surface area contributed by atoms with Crippen molar-refractivity contribution in [2.45, 2.75) is 17.9 Å². The molecule has 0 aromatic heterocycles. The monoisotopic (exact) mass is 321 g/mol. The van der Waals surface area contributed by atoms with E-state index in [1.807, 2.05) is 12.1 Å². The van der Waals surface area contributed by atoms with Crippen LogP contribution in [0.1, 0.15) is 6.92 Å². The highest BCUT2D eigenvalue weighted by Crippen LogP contribution is 2.20. The van der Waals surface area contributed by atoms with Crippen LogP contribution in [-0.4, -0.2) is 37.2 Å². The Bertz CT molecular complexity index is 829. The summed E-state index contributed by atoms with van der Waals surface area (Å²) in [5, 5.41) is 12.8. The minimum atomic E-state index is -3.84. The van der Waals surface area contributed by atoms with Crippen LogP contribution >= 0.6 is 0 Å². The second kappa shape index (κ2) is 6.15. The van der Waals surface area contributed by atoms with Gasteiger partial charge in [0.25, 0.3) is 0 Å². The quantitative estimate of drug-likeness (QED) is 0.862. The van der Waals surface area contributed by atoms with E-state index < -0.39 is 33.5 Å². The fourth-order valence-corrected chi connectivity index (χ4v) is 3.54. The van der Waals surface area contributed by atoms with Crippen molar-refractivity contribution in [1.29, 1.82) is 0 Å². The lowest BCUT2D eigenvalue weighted by atomic mass is 10.1. The first-order valence-electron chi connectivity index (χ1n) is 6.51. The molecule has 0 fully saturated rings. The predicted molar refractivity (Wildman–Crippen MR) is 81.2 cm³/mol. The maximum absolute atomic E-state index is 12.4. The molecule has 7 heteroatoms. The summed E-state index contributed by atoms with van der Waals surface area (Å²) in [4.78, 5) is 22.1. The van der Waals surface area contributed by atoms with Gasteiger partial charge in [0.2, 0.25) is 5.91 Å². The maximum Gasteiger partial charge on any atom is 0.327 e. The van der Waals surface area contributed by atoms with Crippen LogP contribution in [0.15, 0.2) is 47.4 Å². The van der Waals surface area contributed by atoms with Crippen molar-refractivity contribution < 1.29 is 23.1 Å². The third-order valence-electron chi connectivity index (χ3n) is 3.14. The molecule has 0 aliphatic rings. The van der Waals surface area contributed by atoms with Crippen LogP contribution in [0.5, 0.6) is 0 Å². The number of carbonyl (C=O) groups excluding carboxylic acids is 1. The predicted octanol–water partition coefficient (Wildman–Crippen LogP) is 1.20. The van der Waals surface area contributed by atoms with Gasteiger partial charge in [-0.1, -0.05) is 30.3 Å². The van der Waals surface area contributed by atoms with Crippen LogP contribution in [0, 0.1) is 0 Å². The Morgan fingerprint density at radius 3 is 2.36 bits per heavy atom. The van der Waals surface area contributed by atoms with Gasteiger partial charge in [0.05, 0.1) is 10.6 Å². The average Bonchev–Trinajstić information content (AvgIpc) is 2.45. The minimum absolute atomic E-state index is 0.0304. The number of aliphatic carboxylic acids is 1. The van der Waals surface area contributed by atoms with Crippen molar-refractivity contribution >= 4 is 32.5 Å². The number of amides is 1. The number of hydrogen-bond donors (Lipinski definition) is 2. The molecule has 0 unspecified atom stereocenters. The molecule has 1 atom stereocenters. The van der Waals surface area contributed by atoms with Gasteiger partial charge in [-0.2, -0.15) is 0 Å². The molecule has 1 amide bonds. The van der Waals surface area contributed by atoms with Crippen LogP contribution in [0.4, 0.5) is 0 Å². The van der Waals surface area contributed by atoms with Crippen LogP contribution in [0.25, 0.3) is 10.8 Å². The number of carboxylic acid groups (broad SMARTS) is 1. The molecule has 0 saturated heterocycles. The number of nitrogens with one attached hydrogen (secondary N) is 1. The first kappa shape index (κ1) is 16.0. The maximum atomic E-state index is 12.4. The number of sulfone groups is 1. The minimum Gasteiger partial charge on any atom is -0.480 e. The Morgan fingerprint density at radius 1 is 1.14 bits per heavy atom. The zero-order chi connectivity index (χ0) is 16.3. The highest BCUT2D eigenvalue weighted by atomic mass is 32.2. The standard InChI is InChI=1S/C15H15NO5S/c1-10(17)16-14(15(18)19)9-22(20,21)13-7-6-11-4-2-3-5-12(11)8-13/h2-8,14H,9H2,1H3,(H,16,17)(H,18,19)/t14-/m1/s1. The highest BCUT2D eigenvalue weighted by Gasteiger charge is 2.27. The topological polar surface area (TPSA) is 101 Å². The van der Waals surface area contributed by atoms with Gasteiger partial charge in [-0.05, 0) is 22.9 Å². The Morgan fingerprint density at radius 2 is 1.77 bits per heavy atom. The summed E-state index contributed by atoms with van der Waals surface area (Å²) in [6.07, 6.45) is 0. The van der Waals surface area contributed by atoms with Crippen LogP contribution in [0.2, 0.25) is 0 Å². The van der Waals surface area contributed by atoms with Gasteiger partial charge >= 0.3 is 5.97 Å². The van der Waals surface area contributed by atoms with Gasteiger partial charge in [-0.25, -0.2) is 13.2 Å². The molecule has 0 aliphatic heterocycles. The molecule has 2 rings (SSSR count). The Hall–Kier alpha value is -2.41. The summed E-state index contributed by atoms with van der Waals surface area (Å²) in [6.45, 7) is 1.14. The average molecular weight is 321 g/mol. The third kappa shape index (κ3) is 3.62. The van der Waals surface area contributed by atoms with Crippen molar-refractivity contribution in [2.75, 3.05) is 5.75 Å². The van der Waals surface area contributed by atoms with Gasteiger partial charge in [-0.3, -0.25) is 4.79 Å². The van der Waals surface area contributed by atoms with Crippen LogP contribution in [-0.2, 0) is 19.4 Å². The lowest BCUT2D eigenvalue weighted by Crippen LogP contribution is -2.44. The number of benzene rings is 2. The molecular weight excluding hydrogens is 306 g/mol. The largest absolute Gasteiger partial charge is 0.480 e. The van der Waals surface area contributed by atoms with E-state index in [0.29, 0.717) is 0 Å².